The van der Waals surface area contributed by atoms with Crippen molar-refractivity contribution >= 4 is 5.91 Å². The lowest BCUT2D eigenvalue weighted by Crippen LogP contribution is -2.09. The Labute approximate surface area is 58.9 Å². The molecule has 0 aliphatic heterocycles. The minimum absolute atomic E-state index is 0.269. The molecule has 0 fully saturated rings. The number of hydrogen-bond acceptors (Lipinski definition) is 1. The van der Waals surface area contributed by atoms with E-state index in [4.69, 9.17) is 11.2 Å². The smallest absolute Gasteiger partial charge is 0.248 e. The molecule has 0 saturated heterocycles. The predicted octanol–water partition coefficient (Wildman–Crippen LogP) is 0.786. The van der Waals surface area contributed by atoms with Crippen LogP contribution in [0, 0.1) is 0 Å². The molecule has 0 aliphatic rings. The second-order valence-corrected chi connectivity index (χ2v) is 1.42. The van der Waals surface area contributed by atoms with Crippen LogP contribution in [0.4, 0.5) is 0 Å². The summed E-state index contributed by atoms with van der Waals surface area (Å²) in [7, 11) is 0. The van der Waals surface area contributed by atoms with E-state index in [0.717, 1.165) is 6.07 Å². The van der Waals surface area contributed by atoms with Gasteiger partial charge in [0.25, 0.3) is 0 Å². The molecule has 2 N–H and O–H groups in total. The Morgan fingerprint density at radius 2 is 2.11 bits per heavy atom. The summed E-state index contributed by atoms with van der Waals surface area (Å²) in [6, 6.07) is -0.288. The molecule has 2 nitrogen and oxygen atoms in total. The van der Waals surface area contributed by atoms with Crippen molar-refractivity contribution in [3.8, 4) is 0 Å². The molecule has 9 heavy (non-hydrogen) atoms. The predicted molar refractivity (Wildman–Crippen MR) is 35.0 cm³/mol. The van der Waals surface area contributed by atoms with Gasteiger partial charge in [0.1, 0.15) is 0 Å². The first-order valence-corrected chi connectivity index (χ1v) is 2.32. The first kappa shape index (κ1) is 2.52. The lowest BCUT2D eigenvalue weighted by molar-refractivity contribution is 0.100. The largest absolute Gasteiger partial charge is 0.366 e. The van der Waals surface area contributed by atoms with Gasteiger partial charge in [0.05, 0.1) is 5.48 Å². The molecule has 46 valence electrons. The number of primary amides is 1. The number of hydrogen-bond donors (Lipinski definition) is 1. The summed E-state index contributed by atoms with van der Waals surface area (Å²) >= 11 is 0. The Bertz CT molecular complexity index is 351. The summed E-state index contributed by atoms with van der Waals surface area (Å²) < 4.78 is 28.9. The molecule has 1 rings (SSSR count). The molecule has 1 aromatic carbocycles. The van der Waals surface area contributed by atoms with Crippen molar-refractivity contribution in [2.24, 2.45) is 5.73 Å². The van der Waals surface area contributed by atoms with Crippen LogP contribution in [0.3, 0.4) is 0 Å². The van der Waals surface area contributed by atoms with Crippen LogP contribution in [0.5, 0.6) is 0 Å². The topological polar surface area (TPSA) is 43.1 Å². The first-order valence-electron chi connectivity index (χ1n) is 4.32. The molecule has 2 heteroatoms. The average molecular weight is 125 g/mol. The number of nitrogens with two attached hydrogens (primary N) is 1. The molecule has 0 aromatic heterocycles. The van der Waals surface area contributed by atoms with Crippen LogP contribution >= 0.6 is 0 Å². The molecule has 0 bridgehead atoms. The molecule has 0 aliphatic carbocycles. The lowest BCUT2D eigenvalue weighted by Gasteiger charge is -1.89. The molecule has 0 atom stereocenters. The quantitative estimate of drug-likeness (QED) is 0.592. The van der Waals surface area contributed by atoms with Gasteiger partial charge in [-0.15, -0.1) is 0 Å². The van der Waals surface area contributed by atoms with Gasteiger partial charge in [-0.2, -0.15) is 0 Å². The SMILES string of the molecule is [2H]c1cc([2H])c([2H])c(C(N)=O)c1[2H]. The van der Waals surface area contributed by atoms with Crippen LogP contribution in [0.25, 0.3) is 0 Å². The molecular formula is C7H7NO. The van der Waals surface area contributed by atoms with E-state index in [-0.39, 0.29) is 17.6 Å². The highest BCUT2D eigenvalue weighted by Crippen LogP contribution is 1.94. The van der Waals surface area contributed by atoms with Crippen molar-refractivity contribution in [3.63, 3.8) is 0 Å². The van der Waals surface area contributed by atoms with Crippen molar-refractivity contribution in [2.45, 2.75) is 0 Å². The van der Waals surface area contributed by atoms with E-state index in [1.807, 2.05) is 0 Å². The van der Waals surface area contributed by atoms with Gasteiger partial charge >= 0.3 is 0 Å². The highest BCUT2D eigenvalue weighted by molar-refractivity contribution is 5.92. The molecule has 1 aromatic rings. The Morgan fingerprint density at radius 3 is 2.56 bits per heavy atom. The fraction of sp³-hybridized carbons (Fsp3) is 0. The lowest BCUT2D eigenvalue weighted by atomic mass is 10.2. The summed E-state index contributed by atoms with van der Waals surface area (Å²) in [5, 5.41) is 0. The fourth-order valence-electron chi connectivity index (χ4n) is 0.407. The zero-order valence-corrected chi connectivity index (χ0v) is 4.56. The highest BCUT2D eigenvalue weighted by Gasteiger charge is 1.93. The zero-order valence-electron chi connectivity index (χ0n) is 8.56. The highest BCUT2D eigenvalue weighted by atomic mass is 16.1. The first-order chi connectivity index (χ1) is 5.95. The van der Waals surface area contributed by atoms with E-state index >= 15 is 0 Å². The van der Waals surface area contributed by atoms with Gasteiger partial charge in [0, 0.05) is 5.56 Å². The Morgan fingerprint density at radius 1 is 1.56 bits per heavy atom. The van der Waals surface area contributed by atoms with Crippen LogP contribution in [0.15, 0.2) is 30.2 Å². The zero-order chi connectivity index (χ0) is 10.2. The van der Waals surface area contributed by atoms with Crippen LogP contribution in [-0.2, 0) is 0 Å². The summed E-state index contributed by atoms with van der Waals surface area (Å²) in [6.07, 6.45) is 0. The maximum atomic E-state index is 10.8. The summed E-state index contributed by atoms with van der Waals surface area (Å²) in [4.78, 5) is 10.8. The number of benzene rings is 1. The summed E-state index contributed by atoms with van der Waals surface area (Å²) in [5.74, 6) is -0.947. The van der Waals surface area contributed by atoms with Gasteiger partial charge in [0.15, 0.2) is 0 Å². The molecule has 0 saturated carbocycles. The van der Waals surface area contributed by atoms with E-state index in [0.29, 0.717) is 0 Å². The minimum Gasteiger partial charge on any atom is -0.366 e. The third-order valence-electron chi connectivity index (χ3n) is 0.785. The van der Waals surface area contributed by atoms with E-state index in [1.165, 1.54) is 0 Å². The van der Waals surface area contributed by atoms with Gasteiger partial charge in [-0.05, 0) is 12.1 Å². The van der Waals surface area contributed by atoms with E-state index < -0.39 is 18.0 Å². The number of amides is 1. The van der Waals surface area contributed by atoms with Gasteiger partial charge in [-0.3, -0.25) is 4.79 Å². The third kappa shape index (κ3) is 1.29. The standard InChI is InChI=1S/C7H7NO/c8-7(9)6-4-2-1-3-5-6/h1-5H,(H2,8,9)/i2D,3D,4D,5D. The second-order valence-electron chi connectivity index (χ2n) is 1.42. The Kier molecular flexibility index (Phi) is 0.646. The normalized spacial score (nSPS) is 15.1. The summed E-state index contributed by atoms with van der Waals surface area (Å²) in [6.45, 7) is 0. The van der Waals surface area contributed by atoms with Crippen LogP contribution in [0.2, 0.25) is 0 Å². The van der Waals surface area contributed by atoms with Gasteiger partial charge in [-0.25, -0.2) is 0 Å². The van der Waals surface area contributed by atoms with Crippen molar-refractivity contribution in [1.29, 1.82) is 0 Å². The Hall–Kier alpha value is -1.31. The van der Waals surface area contributed by atoms with Gasteiger partial charge in [-0.1, -0.05) is 18.2 Å². The minimum atomic E-state index is -0.947. The fourth-order valence-corrected chi connectivity index (χ4v) is 0.407. The molecule has 0 spiro atoms. The molecule has 0 unspecified atom stereocenters. The molecule has 0 heterocycles. The van der Waals surface area contributed by atoms with Crippen molar-refractivity contribution in [3.05, 3.63) is 35.8 Å². The molecule has 0 radical (unpaired) electrons. The van der Waals surface area contributed by atoms with Crippen LogP contribution < -0.4 is 5.73 Å². The van der Waals surface area contributed by atoms with Crippen molar-refractivity contribution < 1.29 is 10.3 Å². The van der Waals surface area contributed by atoms with E-state index in [9.17, 15) is 4.79 Å². The second kappa shape index (κ2) is 2.31. The Balaban J connectivity index is 3.56. The van der Waals surface area contributed by atoms with E-state index in [1.54, 1.807) is 0 Å². The molecule has 1 amide bonds. The maximum Gasteiger partial charge on any atom is 0.248 e. The van der Waals surface area contributed by atoms with E-state index in [2.05, 4.69) is 0 Å². The monoisotopic (exact) mass is 125 g/mol. The number of rotatable bonds is 1. The molecular weight excluding hydrogens is 114 g/mol. The number of carbonyl (C=O) groups excluding carboxylic acids is 1. The van der Waals surface area contributed by atoms with Gasteiger partial charge < -0.3 is 5.73 Å². The van der Waals surface area contributed by atoms with Crippen molar-refractivity contribution in [1.82, 2.24) is 0 Å². The van der Waals surface area contributed by atoms with Crippen LogP contribution in [0.1, 0.15) is 15.8 Å². The van der Waals surface area contributed by atoms with Crippen LogP contribution in [-0.4, -0.2) is 5.91 Å². The number of carbonyl (C=O) groups is 1. The van der Waals surface area contributed by atoms with Gasteiger partial charge in [0.2, 0.25) is 5.91 Å². The van der Waals surface area contributed by atoms with Crippen molar-refractivity contribution in [2.75, 3.05) is 0 Å². The average Bonchev–Trinajstić information content (AvgIpc) is 2.01. The third-order valence-corrected chi connectivity index (χ3v) is 0.785. The summed E-state index contributed by atoms with van der Waals surface area (Å²) in [5.41, 5.74) is 4.54. The maximum absolute atomic E-state index is 10.8.